The molecule has 2 rings (SSSR count). The van der Waals surface area contributed by atoms with Gasteiger partial charge < -0.3 is 19.7 Å². The van der Waals surface area contributed by atoms with E-state index in [9.17, 15) is 0 Å². The molecule has 0 saturated carbocycles. The van der Waals surface area contributed by atoms with Gasteiger partial charge in [0.1, 0.15) is 0 Å². The molecule has 7 nitrogen and oxygen atoms in total. The number of guanidine groups is 1. The molecule has 0 aliphatic carbocycles. The van der Waals surface area contributed by atoms with Crippen LogP contribution in [-0.2, 0) is 13.0 Å². The van der Waals surface area contributed by atoms with Gasteiger partial charge in [-0.05, 0) is 57.4 Å². The van der Waals surface area contributed by atoms with E-state index >= 15 is 0 Å². The fourth-order valence-electron chi connectivity index (χ4n) is 3.22. The van der Waals surface area contributed by atoms with Crippen molar-refractivity contribution in [2.45, 2.75) is 40.2 Å². The number of methoxy groups -OCH3 is 2. The molecule has 1 aromatic carbocycles. The largest absolute Gasteiger partial charge is 0.493 e. The molecular formula is C22H36IN5O2. The smallest absolute Gasteiger partial charge is 0.193 e. The number of aliphatic imine (C=N–C) groups is 1. The van der Waals surface area contributed by atoms with Gasteiger partial charge in [0.05, 0.1) is 19.9 Å². The number of likely N-dealkylation sites (N-methyl/N-ethyl adjacent to an activating group) is 1. The Labute approximate surface area is 197 Å². The zero-order chi connectivity index (χ0) is 21.2. The van der Waals surface area contributed by atoms with E-state index in [1.165, 1.54) is 11.3 Å². The van der Waals surface area contributed by atoms with E-state index in [0.717, 1.165) is 62.2 Å². The normalized spacial score (nSPS) is 11.1. The third-order valence-electron chi connectivity index (χ3n) is 4.77. The predicted octanol–water partition coefficient (Wildman–Crippen LogP) is 3.67. The zero-order valence-electron chi connectivity index (χ0n) is 19.1. The molecule has 30 heavy (non-hydrogen) atoms. The summed E-state index contributed by atoms with van der Waals surface area (Å²) < 4.78 is 12.8. The van der Waals surface area contributed by atoms with Crippen molar-refractivity contribution < 1.29 is 9.47 Å². The first kappa shape index (κ1) is 26.1. The number of hydrogen-bond acceptors (Lipinski definition) is 4. The van der Waals surface area contributed by atoms with Gasteiger partial charge in [0.2, 0.25) is 0 Å². The number of nitrogens with one attached hydrogen (secondary N) is 1. The van der Waals surface area contributed by atoms with Crippen LogP contribution in [0.1, 0.15) is 30.3 Å². The summed E-state index contributed by atoms with van der Waals surface area (Å²) in [5.74, 6) is 2.45. The Balaban J connectivity index is 0.00000450. The number of benzene rings is 1. The summed E-state index contributed by atoms with van der Waals surface area (Å²) in [5, 5.41) is 7.89. The highest BCUT2D eigenvalue weighted by Crippen LogP contribution is 2.27. The summed E-state index contributed by atoms with van der Waals surface area (Å²) in [5.41, 5.74) is 3.47. The Kier molecular flexibility index (Phi) is 11.6. The highest BCUT2D eigenvalue weighted by atomic mass is 127. The predicted molar refractivity (Wildman–Crippen MR) is 134 cm³/mol. The molecule has 0 spiro atoms. The van der Waals surface area contributed by atoms with E-state index in [2.05, 4.69) is 53.0 Å². The molecular weight excluding hydrogens is 493 g/mol. The summed E-state index contributed by atoms with van der Waals surface area (Å²) in [4.78, 5) is 6.95. The zero-order valence-corrected chi connectivity index (χ0v) is 21.4. The average molecular weight is 529 g/mol. The average Bonchev–Trinajstić information content (AvgIpc) is 3.05. The molecule has 0 unspecified atom stereocenters. The fraction of sp³-hybridized carbons (Fsp3) is 0.545. The number of aryl methyl sites for hydroxylation is 3. The van der Waals surface area contributed by atoms with Crippen molar-refractivity contribution in [3.63, 3.8) is 0 Å². The molecule has 0 bridgehead atoms. The second-order valence-corrected chi connectivity index (χ2v) is 7.10. The maximum atomic E-state index is 5.40. The van der Waals surface area contributed by atoms with Crippen LogP contribution in [0.3, 0.4) is 0 Å². The molecule has 168 valence electrons. The number of halogens is 1. The molecule has 0 radical (unpaired) electrons. The molecule has 0 aliphatic rings. The van der Waals surface area contributed by atoms with E-state index in [0.29, 0.717) is 0 Å². The van der Waals surface area contributed by atoms with Gasteiger partial charge in [-0.15, -0.1) is 24.0 Å². The first-order chi connectivity index (χ1) is 14.0. The quantitative estimate of drug-likeness (QED) is 0.220. The van der Waals surface area contributed by atoms with E-state index in [4.69, 9.17) is 14.5 Å². The minimum Gasteiger partial charge on any atom is -0.493 e. The van der Waals surface area contributed by atoms with Gasteiger partial charge in [-0.25, -0.2) is 0 Å². The molecule has 1 heterocycles. The lowest BCUT2D eigenvalue weighted by Gasteiger charge is -2.22. The van der Waals surface area contributed by atoms with Gasteiger partial charge in [-0.3, -0.25) is 9.67 Å². The van der Waals surface area contributed by atoms with Crippen LogP contribution in [0.2, 0.25) is 0 Å². The van der Waals surface area contributed by atoms with Crippen molar-refractivity contribution >= 4 is 29.9 Å². The Bertz CT molecular complexity index is 807. The molecule has 0 amide bonds. The summed E-state index contributed by atoms with van der Waals surface area (Å²) in [7, 11) is 5.39. The number of hydrogen-bond donors (Lipinski definition) is 1. The van der Waals surface area contributed by atoms with E-state index in [1.54, 1.807) is 14.2 Å². The molecule has 8 heteroatoms. The number of aromatic nitrogens is 2. The van der Waals surface area contributed by atoms with E-state index in [-0.39, 0.29) is 24.0 Å². The first-order valence-electron chi connectivity index (χ1n) is 10.2. The first-order valence-corrected chi connectivity index (χ1v) is 10.2. The van der Waals surface area contributed by atoms with Crippen LogP contribution in [0.4, 0.5) is 0 Å². The summed E-state index contributed by atoms with van der Waals surface area (Å²) >= 11 is 0. The number of nitrogens with zero attached hydrogens (tertiary/aromatic N) is 4. The third kappa shape index (κ3) is 7.70. The topological polar surface area (TPSA) is 63.9 Å². The second-order valence-electron chi connectivity index (χ2n) is 7.10. The maximum Gasteiger partial charge on any atom is 0.193 e. The van der Waals surface area contributed by atoms with Gasteiger partial charge in [-0.1, -0.05) is 6.07 Å². The number of ether oxygens (including phenoxy) is 2. The van der Waals surface area contributed by atoms with Crippen molar-refractivity contribution in [1.29, 1.82) is 0 Å². The van der Waals surface area contributed by atoms with Crippen LogP contribution in [0.15, 0.2) is 29.3 Å². The Morgan fingerprint density at radius 3 is 2.50 bits per heavy atom. The Morgan fingerprint density at radius 1 is 1.17 bits per heavy atom. The van der Waals surface area contributed by atoms with Gasteiger partial charge >= 0.3 is 0 Å². The monoisotopic (exact) mass is 529 g/mol. The number of rotatable bonds is 10. The van der Waals surface area contributed by atoms with Gasteiger partial charge in [0, 0.05) is 38.9 Å². The van der Waals surface area contributed by atoms with E-state index in [1.807, 2.05) is 19.1 Å². The lowest BCUT2D eigenvalue weighted by atomic mass is 10.1. The lowest BCUT2D eigenvalue weighted by molar-refractivity contribution is 0.354. The molecule has 0 aliphatic heterocycles. The van der Waals surface area contributed by atoms with Crippen LogP contribution in [0.25, 0.3) is 0 Å². The maximum absolute atomic E-state index is 5.40. The Hall–Kier alpha value is -1.97. The summed E-state index contributed by atoms with van der Waals surface area (Å²) in [6.07, 6.45) is 1.85. The second kappa shape index (κ2) is 13.4. The molecule has 0 saturated heterocycles. The van der Waals surface area contributed by atoms with Crippen LogP contribution in [0.5, 0.6) is 11.5 Å². The Morgan fingerprint density at radius 2 is 1.90 bits per heavy atom. The third-order valence-corrected chi connectivity index (χ3v) is 4.77. The molecule has 0 fully saturated rings. The highest BCUT2D eigenvalue weighted by Gasteiger charge is 2.08. The minimum absolute atomic E-state index is 0. The van der Waals surface area contributed by atoms with Crippen molar-refractivity contribution in [1.82, 2.24) is 20.0 Å². The van der Waals surface area contributed by atoms with Gasteiger partial charge in [0.15, 0.2) is 17.5 Å². The minimum atomic E-state index is 0. The van der Waals surface area contributed by atoms with Crippen LogP contribution in [-0.4, -0.2) is 61.5 Å². The van der Waals surface area contributed by atoms with Crippen LogP contribution in [0, 0.1) is 13.8 Å². The van der Waals surface area contributed by atoms with Crippen molar-refractivity contribution in [3.05, 3.63) is 41.2 Å². The van der Waals surface area contributed by atoms with Crippen molar-refractivity contribution in [2.75, 3.05) is 40.9 Å². The lowest BCUT2D eigenvalue weighted by Crippen LogP contribution is -2.40. The SMILES string of the molecule is CCNC(=NCCCn1nc(C)cc1C)N(C)CCc1ccc(OC)c(OC)c1.I. The van der Waals surface area contributed by atoms with Gasteiger partial charge in [-0.2, -0.15) is 5.10 Å². The van der Waals surface area contributed by atoms with Crippen molar-refractivity contribution in [3.8, 4) is 11.5 Å². The summed E-state index contributed by atoms with van der Waals surface area (Å²) in [6.45, 7) is 9.57. The molecule has 1 N–H and O–H groups in total. The molecule has 1 aromatic heterocycles. The van der Waals surface area contributed by atoms with E-state index < -0.39 is 0 Å². The highest BCUT2D eigenvalue weighted by molar-refractivity contribution is 14.0. The van der Waals surface area contributed by atoms with Crippen molar-refractivity contribution in [2.24, 2.45) is 4.99 Å². The van der Waals surface area contributed by atoms with Gasteiger partial charge in [0.25, 0.3) is 0 Å². The van der Waals surface area contributed by atoms with Crippen LogP contribution >= 0.6 is 24.0 Å². The molecule has 0 atom stereocenters. The fourth-order valence-corrected chi connectivity index (χ4v) is 3.22. The standard InChI is InChI=1S/C22H35N5O2.HI/c1-7-23-22(24-12-8-13-27-18(3)15-17(2)25-27)26(4)14-11-19-9-10-20(28-5)21(16-19)29-6;/h9-10,15-16H,7-8,11-14H2,1-6H3,(H,23,24);1H. The van der Waals surface area contributed by atoms with Crippen LogP contribution < -0.4 is 14.8 Å². The summed E-state index contributed by atoms with van der Waals surface area (Å²) in [6, 6.07) is 8.17. The molecule has 2 aromatic rings.